The van der Waals surface area contributed by atoms with Crippen molar-refractivity contribution in [1.82, 2.24) is 25.2 Å². The van der Waals surface area contributed by atoms with Crippen molar-refractivity contribution in [2.45, 2.75) is 63.5 Å². The highest BCUT2D eigenvalue weighted by atomic mass is 19.1. The number of benzene rings is 2. The first kappa shape index (κ1) is 34.3. The molecule has 0 radical (unpaired) electrons. The van der Waals surface area contributed by atoms with E-state index in [0.717, 1.165) is 64.5 Å². The van der Waals surface area contributed by atoms with Gasteiger partial charge in [0.15, 0.2) is 5.82 Å². The molecule has 13 heteroatoms. The zero-order valence-electron chi connectivity index (χ0n) is 28.9. The van der Waals surface area contributed by atoms with E-state index in [1.807, 2.05) is 4.90 Å². The Bertz CT molecular complexity index is 2060. The number of carboxylic acid groups (broad SMARTS) is 1. The van der Waals surface area contributed by atoms with Crippen molar-refractivity contribution < 1.29 is 33.3 Å². The quantitative estimate of drug-likeness (QED) is 0.184. The summed E-state index contributed by atoms with van der Waals surface area (Å²) >= 11 is 0. The zero-order valence-corrected chi connectivity index (χ0v) is 28.9. The van der Waals surface area contributed by atoms with Crippen molar-refractivity contribution in [3.05, 3.63) is 47.7 Å². The number of carbonyl (C=O) groups is 1. The summed E-state index contributed by atoms with van der Waals surface area (Å²) in [6, 6.07) is 5.93. The second kappa shape index (κ2) is 14.0. The standard InChI is InChI=1S/C39H42F2N6O5/c1-2-27-30(40)8-7-24-18-26(48)19-28(32(24)27)34-33(41)35-29(20-42-34)36(46-12-5-14-51-15-13-46)45-37(44-35)52-22-39-9-3-6-31(39)47(11-4-10-39)21-23-16-25(17-23)43-38(49)50/h1,7-8,18-20,23,25,31,43,48H,3-6,9-17,21-22H2,(H,49,50). The molecule has 2 unspecified atom stereocenters. The Kier molecular flexibility index (Phi) is 9.21. The SMILES string of the molecule is C#Cc1c(F)ccc2cc(O)cc(-c3ncc4c(N5CCCOCC5)nc(OCC56CCCC5N(CC5CC(NC(=O)O)C5)CCC6)nc4c3F)c12. The molecule has 2 aromatic carbocycles. The predicted octanol–water partition coefficient (Wildman–Crippen LogP) is 6.10. The molecule has 2 aliphatic carbocycles. The number of anilines is 1. The van der Waals surface area contributed by atoms with Gasteiger partial charge in [-0.05, 0) is 81.0 Å². The fraction of sp³-hybridized carbons (Fsp3) is 0.487. The van der Waals surface area contributed by atoms with Crippen LogP contribution in [0.3, 0.4) is 0 Å². The Labute approximate surface area is 300 Å². The van der Waals surface area contributed by atoms with Crippen LogP contribution in [0.4, 0.5) is 19.4 Å². The molecule has 4 aromatic rings. The molecule has 0 spiro atoms. The summed E-state index contributed by atoms with van der Waals surface area (Å²) in [6.45, 7) is 4.61. The highest BCUT2D eigenvalue weighted by molar-refractivity contribution is 6.03. The van der Waals surface area contributed by atoms with Gasteiger partial charge >= 0.3 is 12.1 Å². The smallest absolute Gasteiger partial charge is 0.404 e. The summed E-state index contributed by atoms with van der Waals surface area (Å²) in [5, 5.41) is 23.4. The predicted molar refractivity (Wildman–Crippen MR) is 191 cm³/mol. The number of hydrogen-bond acceptors (Lipinski definition) is 9. The van der Waals surface area contributed by atoms with E-state index in [1.165, 1.54) is 30.5 Å². The van der Waals surface area contributed by atoms with Gasteiger partial charge in [0.05, 0.1) is 24.2 Å². The van der Waals surface area contributed by atoms with Crippen LogP contribution in [-0.4, -0.2) is 94.2 Å². The molecule has 4 aliphatic rings. The van der Waals surface area contributed by atoms with Gasteiger partial charge in [-0.1, -0.05) is 18.4 Å². The number of piperidine rings is 1. The average molecular weight is 713 g/mol. The summed E-state index contributed by atoms with van der Waals surface area (Å²) in [6.07, 6.45) is 13.9. The van der Waals surface area contributed by atoms with Crippen molar-refractivity contribution in [2.75, 3.05) is 50.9 Å². The van der Waals surface area contributed by atoms with E-state index in [0.29, 0.717) is 61.5 Å². The number of aromatic hydroxyl groups is 1. The molecule has 2 saturated heterocycles. The third-order valence-corrected chi connectivity index (χ3v) is 11.6. The third-order valence-electron chi connectivity index (χ3n) is 11.6. The highest BCUT2D eigenvalue weighted by Crippen LogP contribution is 2.49. The maximum Gasteiger partial charge on any atom is 0.404 e. The number of phenolic OH excluding ortho intramolecular Hbond substituents is 1. The molecule has 2 aromatic heterocycles. The molecule has 272 valence electrons. The number of pyridine rings is 1. The van der Waals surface area contributed by atoms with Gasteiger partial charge in [-0.25, -0.2) is 13.6 Å². The number of aromatic nitrogens is 3. The van der Waals surface area contributed by atoms with Crippen LogP contribution in [-0.2, 0) is 4.74 Å². The highest BCUT2D eigenvalue weighted by Gasteiger charge is 2.49. The molecule has 2 aliphatic heterocycles. The van der Waals surface area contributed by atoms with Gasteiger partial charge in [0.1, 0.15) is 28.6 Å². The van der Waals surface area contributed by atoms with Crippen LogP contribution >= 0.6 is 0 Å². The van der Waals surface area contributed by atoms with E-state index in [-0.39, 0.29) is 50.9 Å². The molecule has 52 heavy (non-hydrogen) atoms. The van der Waals surface area contributed by atoms with Crippen molar-refractivity contribution in [2.24, 2.45) is 11.3 Å². The third kappa shape index (κ3) is 6.32. The number of hydrogen-bond donors (Lipinski definition) is 3. The van der Waals surface area contributed by atoms with E-state index in [2.05, 4.69) is 26.1 Å². The molecule has 11 nitrogen and oxygen atoms in total. The molecule has 4 heterocycles. The Morgan fingerprint density at radius 2 is 1.96 bits per heavy atom. The maximum absolute atomic E-state index is 17.0. The number of amides is 1. The lowest BCUT2D eigenvalue weighted by Gasteiger charge is -2.49. The minimum absolute atomic E-state index is 0.00516. The number of fused-ring (bicyclic) bond motifs is 3. The fourth-order valence-corrected chi connectivity index (χ4v) is 9.17. The van der Waals surface area contributed by atoms with E-state index in [1.54, 1.807) is 0 Å². The number of terminal acetylenes is 1. The number of nitrogens with zero attached hydrogens (tertiary/aromatic N) is 5. The molecular weight excluding hydrogens is 670 g/mol. The first-order chi connectivity index (χ1) is 25.2. The Hall–Kier alpha value is -4.80. The number of ether oxygens (including phenoxy) is 2. The number of halogens is 2. The van der Waals surface area contributed by atoms with Crippen LogP contribution in [0, 0.1) is 35.3 Å². The average Bonchev–Trinajstić information content (AvgIpc) is 3.37. The molecule has 8 rings (SSSR count). The molecule has 0 bridgehead atoms. The van der Waals surface area contributed by atoms with Gasteiger partial charge in [-0.15, -0.1) is 6.42 Å². The van der Waals surface area contributed by atoms with Gasteiger partial charge in [0, 0.05) is 60.9 Å². The number of phenols is 1. The lowest BCUT2D eigenvalue weighted by Crippen LogP contribution is -2.55. The van der Waals surface area contributed by atoms with Gasteiger partial charge in [-0.3, -0.25) is 9.88 Å². The summed E-state index contributed by atoms with van der Waals surface area (Å²) in [5.41, 5.74) is -0.121. The minimum Gasteiger partial charge on any atom is -0.508 e. The van der Waals surface area contributed by atoms with Crippen LogP contribution in [0.5, 0.6) is 11.8 Å². The van der Waals surface area contributed by atoms with Crippen molar-refractivity contribution >= 4 is 33.6 Å². The van der Waals surface area contributed by atoms with Crippen molar-refractivity contribution in [3.8, 4) is 35.4 Å². The molecule has 3 N–H and O–H groups in total. The Balaban J connectivity index is 1.14. The van der Waals surface area contributed by atoms with E-state index in [9.17, 15) is 14.3 Å². The summed E-state index contributed by atoms with van der Waals surface area (Å²) in [5.74, 6) is 1.81. The number of likely N-dealkylation sites (tertiary alicyclic amines) is 1. The lowest BCUT2D eigenvalue weighted by atomic mass is 9.74. The first-order valence-electron chi connectivity index (χ1n) is 18.2. The van der Waals surface area contributed by atoms with Crippen LogP contribution in [0.1, 0.15) is 56.9 Å². The molecule has 2 saturated carbocycles. The topological polar surface area (TPSA) is 133 Å². The van der Waals surface area contributed by atoms with Gasteiger partial charge in [0.2, 0.25) is 0 Å². The van der Waals surface area contributed by atoms with Crippen LogP contribution in [0.2, 0.25) is 0 Å². The van der Waals surface area contributed by atoms with Crippen molar-refractivity contribution in [1.29, 1.82) is 0 Å². The summed E-state index contributed by atoms with van der Waals surface area (Å²) in [7, 11) is 0. The maximum atomic E-state index is 17.0. The monoisotopic (exact) mass is 712 g/mol. The van der Waals surface area contributed by atoms with E-state index >= 15 is 4.39 Å². The van der Waals surface area contributed by atoms with Gasteiger partial charge < -0.3 is 29.9 Å². The zero-order chi connectivity index (χ0) is 36.0. The second-order valence-corrected chi connectivity index (χ2v) is 14.8. The first-order valence-corrected chi connectivity index (χ1v) is 18.2. The minimum atomic E-state index is -0.967. The fourth-order valence-electron chi connectivity index (χ4n) is 9.17. The van der Waals surface area contributed by atoms with Crippen molar-refractivity contribution in [3.63, 3.8) is 0 Å². The molecule has 4 fully saturated rings. The molecule has 1 amide bonds. The van der Waals surface area contributed by atoms with Crippen LogP contribution in [0.25, 0.3) is 32.9 Å². The van der Waals surface area contributed by atoms with E-state index in [4.69, 9.17) is 26.0 Å². The molecule has 2 atom stereocenters. The Morgan fingerprint density at radius 3 is 2.79 bits per heavy atom. The van der Waals surface area contributed by atoms with Gasteiger partial charge in [0.25, 0.3) is 0 Å². The van der Waals surface area contributed by atoms with Gasteiger partial charge in [-0.2, -0.15) is 9.97 Å². The largest absolute Gasteiger partial charge is 0.508 e. The summed E-state index contributed by atoms with van der Waals surface area (Å²) < 4.78 is 44.1. The summed E-state index contributed by atoms with van der Waals surface area (Å²) in [4.78, 5) is 29.7. The van der Waals surface area contributed by atoms with Crippen LogP contribution in [0.15, 0.2) is 30.5 Å². The normalized spacial score (nSPS) is 24.9. The number of rotatable bonds is 8. The lowest BCUT2D eigenvalue weighted by molar-refractivity contribution is -0.0161. The Morgan fingerprint density at radius 1 is 1.12 bits per heavy atom. The molecular formula is C39H42F2N6O5. The van der Waals surface area contributed by atoms with Crippen LogP contribution < -0.4 is 15.0 Å². The van der Waals surface area contributed by atoms with E-state index < -0.39 is 17.7 Å². The number of nitrogens with one attached hydrogen (secondary N) is 1. The second-order valence-electron chi connectivity index (χ2n) is 14.8.